The van der Waals surface area contributed by atoms with Gasteiger partial charge in [0.1, 0.15) is 0 Å². The van der Waals surface area contributed by atoms with E-state index in [1.165, 1.54) is 11.1 Å². The van der Waals surface area contributed by atoms with Crippen molar-refractivity contribution in [3.63, 3.8) is 0 Å². The van der Waals surface area contributed by atoms with Crippen molar-refractivity contribution >= 4 is 5.91 Å². The van der Waals surface area contributed by atoms with Crippen LogP contribution in [-0.2, 0) is 4.79 Å². The third kappa shape index (κ3) is 1.20. The maximum Gasteiger partial charge on any atom is 0.228 e. The van der Waals surface area contributed by atoms with Gasteiger partial charge in [-0.25, -0.2) is 0 Å². The second-order valence-electron chi connectivity index (χ2n) is 3.24. The molecule has 1 aliphatic heterocycles. The minimum Gasteiger partial charge on any atom is -0.326 e. The van der Waals surface area contributed by atoms with Gasteiger partial charge in [-0.2, -0.15) is 0 Å². The highest BCUT2D eigenvalue weighted by Crippen LogP contribution is 2.23. The van der Waals surface area contributed by atoms with Crippen LogP contribution < -0.4 is 5.32 Å². The molecule has 2 nitrogen and oxygen atoms in total. The zero-order valence-corrected chi connectivity index (χ0v) is 7.05. The van der Waals surface area contributed by atoms with E-state index in [2.05, 4.69) is 17.5 Å². The van der Waals surface area contributed by atoms with Crippen molar-refractivity contribution in [3.05, 3.63) is 35.1 Å². The molecule has 0 saturated carbocycles. The number of allylic oxidation sites excluding steroid dienone is 4. The smallest absolute Gasteiger partial charge is 0.228 e. The van der Waals surface area contributed by atoms with E-state index in [4.69, 9.17) is 0 Å². The van der Waals surface area contributed by atoms with Gasteiger partial charge in [-0.1, -0.05) is 12.2 Å². The molecule has 2 heteroatoms. The topological polar surface area (TPSA) is 29.1 Å². The van der Waals surface area contributed by atoms with E-state index in [1.807, 2.05) is 13.0 Å². The zero-order valence-electron chi connectivity index (χ0n) is 7.05. The van der Waals surface area contributed by atoms with Gasteiger partial charge in [0.25, 0.3) is 0 Å². The SMILES string of the molecule is CC1=CC2=C(CC=C1)CC(=O)N2. The van der Waals surface area contributed by atoms with Gasteiger partial charge >= 0.3 is 0 Å². The molecule has 0 bridgehead atoms. The average Bonchev–Trinajstić information content (AvgIpc) is 2.23. The molecule has 0 fully saturated rings. The quantitative estimate of drug-likeness (QED) is 0.575. The highest BCUT2D eigenvalue weighted by Gasteiger charge is 2.19. The summed E-state index contributed by atoms with van der Waals surface area (Å²) in [5, 5.41) is 2.85. The standard InChI is InChI=1S/C10H11NO/c1-7-3-2-4-8-6-10(12)11-9(8)5-7/h2-3,5H,4,6H2,1H3,(H,11,12). The first-order valence-electron chi connectivity index (χ1n) is 4.12. The highest BCUT2D eigenvalue weighted by atomic mass is 16.1. The third-order valence-corrected chi connectivity index (χ3v) is 2.15. The molecule has 0 unspecified atom stereocenters. The molecular formula is C10H11NO. The minimum absolute atomic E-state index is 0.124. The Balaban J connectivity index is 2.35. The van der Waals surface area contributed by atoms with Crippen molar-refractivity contribution in [2.45, 2.75) is 19.8 Å². The summed E-state index contributed by atoms with van der Waals surface area (Å²) in [4.78, 5) is 11.0. The van der Waals surface area contributed by atoms with Gasteiger partial charge in [0.15, 0.2) is 0 Å². The maximum atomic E-state index is 11.0. The number of hydrogen-bond acceptors (Lipinski definition) is 1. The number of rotatable bonds is 0. The van der Waals surface area contributed by atoms with E-state index in [1.54, 1.807) is 0 Å². The summed E-state index contributed by atoms with van der Waals surface area (Å²) in [6.07, 6.45) is 7.70. The lowest BCUT2D eigenvalue weighted by Crippen LogP contribution is -2.13. The highest BCUT2D eigenvalue weighted by molar-refractivity contribution is 5.85. The molecule has 2 aliphatic rings. The van der Waals surface area contributed by atoms with E-state index < -0.39 is 0 Å². The molecule has 1 aliphatic carbocycles. The van der Waals surface area contributed by atoms with Crippen LogP contribution in [0.3, 0.4) is 0 Å². The predicted molar refractivity (Wildman–Crippen MR) is 47.3 cm³/mol. The fourth-order valence-electron chi connectivity index (χ4n) is 1.55. The van der Waals surface area contributed by atoms with Crippen molar-refractivity contribution in [2.75, 3.05) is 0 Å². The fraction of sp³-hybridized carbons (Fsp3) is 0.300. The Bertz CT molecular complexity index is 321. The number of hydrogen-bond donors (Lipinski definition) is 1. The Hall–Kier alpha value is -1.31. The first-order valence-corrected chi connectivity index (χ1v) is 4.12. The molecule has 1 heterocycles. The van der Waals surface area contributed by atoms with Gasteiger partial charge in [-0.05, 0) is 30.6 Å². The summed E-state index contributed by atoms with van der Waals surface area (Å²) in [6, 6.07) is 0. The molecule has 0 aromatic heterocycles. The number of carbonyl (C=O) groups excluding carboxylic acids is 1. The van der Waals surface area contributed by atoms with E-state index in [0.717, 1.165) is 12.1 Å². The van der Waals surface area contributed by atoms with Gasteiger partial charge in [0.2, 0.25) is 5.91 Å². The monoisotopic (exact) mass is 161 g/mol. The van der Waals surface area contributed by atoms with Gasteiger partial charge < -0.3 is 5.32 Å². The van der Waals surface area contributed by atoms with Crippen molar-refractivity contribution in [2.24, 2.45) is 0 Å². The molecule has 0 radical (unpaired) electrons. The molecule has 0 aromatic carbocycles. The predicted octanol–water partition coefficient (Wildman–Crippen LogP) is 1.67. The molecule has 1 N–H and O–H groups in total. The van der Waals surface area contributed by atoms with Crippen molar-refractivity contribution < 1.29 is 4.79 Å². The molecular weight excluding hydrogens is 150 g/mol. The average molecular weight is 161 g/mol. The summed E-state index contributed by atoms with van der Waals surface area (Å²) in [5.41, 5.74) is 3.43. The molecule has 0 atom stereocenters. The second-order valence-corrected chi connectivity index (χ2v) is 3.24. The van der Waals surface area contributed by atoms with E-state index in [0.29, 0.717) is 6.42 Å². The van der Waals surface area contributed by atoms with Crippen LogP contribution in [0.4, 0.5) is 0 Å². The lowest BCUT2D eigenvalue weighted by Gasteiger charge is -1.96. The van der Waals surface area contributed by atoms with Crippen LogP contribution in [-0.4, -0.2) is 5.91 Å². The first kappa shape index (κ1) is 7.35. The molecule has 12 heavy (non-hydrogen) atoms. The number of nitrogens with one attached hydrogen (secondary N) is 1. The lowest BCUT2D eigenvalue weighted by atomic mass is 10.1. The second kappa shape index (κ2) is 2.63. The first-order chi connectivity index (χ1) is 5.75. The summed E-state index contributed by atoms with van der Waals surface area (Å²) in [7, 11) is 0. The van der Waals surface area contributed by atoms with Crippen LogP contribution in [0.5, 0.6) is 0 Å². The van der Waals surface area contributed by atoms with Gasteiger partial charge in [0.05, 0.1) is 6.42 Å². The Labute approximate surface area is 71.7 Å². The summed E-state index contributed by atoms with van der Waals surface area (Å²) < 4.78 is 0. The van der Waals surface area contributed by atoms with Crippen LogP contribution in [0.2, 0.25) is 0 Å². The summed E-state index contributed by atoms with van der Waals surface area (Å²) in [5.74, 6) is 0.124. The molecule has 0 saturated heterocycles. The Morgan fingerprint density at radius 1 is 1.50 bits per heavy atom. The minimum atomic E-state index is 0.124. The normalized spacial score (nSPS) is 21.8. The maximum absolute atomic E-state index is 11.0. The molecule has 62 valence electrons. The Morgan fingerprint density at radius 3 is 3.17 bits per heavy atom. The van der Waals surface area contributed by atoms with E-state index in [9.17, 15) is 4.79 Å². The van der Waals surface area contributed by atoms with Gasteiger partial charge in [-0.3, -0.25) is 4.79 Å². The Morgan fingerprint density at radius 2 is 2.33 bits per heavy atom. The van der Waals surface area contributed by atoms with Crippen LogP contribution in [0, 0.1) is 0 Å². The molecule has 1 amide bonds. The summed E-state index contributed by atoms with van der Waals surface area (Å²) in [6.45, 7) is 2.04. The van der Waals surface area contributed by atoms with Gasteiger partial charge in [-0.15, -0.1) is 0 Å². The van der Waals surface area contributed by atoms with Crippen LogP contribution >= 0.6 is 0 Å². The van der Waals surface area contributed by atoms with E-state index >= 15 is 0 Å². The zero-order chi connectivity index (χ0) is 8.55. The number of amides is 1. The van der Waals surface area contributed by atoms with Crippen LogP contribution in [0.1, 0.15) is 19.8 Å². The van der Waals surface area contributed by atoms with Crippen molar-refractivity contribution in [1.82, 2.24) is 5.32 Å². The molecule has 2 rings (SSSR count). The van der Waals surface area contributed by atoms with Crippen molar-refractivity contribution in [3.8, 4) is 0 Å². The molecule has 0 spiro atoms. The third-order valence-electron chi connectivity index (χ3n) is 2.15. The van der Waals surface area contributed by atoms with Crippen LogP contribution in [0.25, 0.3) is 0 Å². The lowest BCUT2D eigenvalue weighted by molar-refractivity contribution is -0.118. The Kier molecular flexibility index (Phi) is 1.61. The molecule has 0 aromatic rings. The number of carbonyl (C=O) groups is 1. The largest absolute Gasteiger partial charge is 0.326 e. The van der Waals surface area contributed by atoms with E-state index in [-0.39, 0.29) is 5.91 Å². The van der Waals surface area contributed by atoms with Crippen LogP contribution in [0.15, 0.2) is 35.1 Å². The fourth-order valence-corrected chi connectivity index (χ4v) is 1.55. The van der Waals surface area contributed by atoms with Gasteiger partial charge in [0, 0.05) is 5.70 Å². The van der Waals surface area contributed by atoms with Crippen molar-refractivity contribution in [1.29, 1.82) is 0 Å². The summed E-state index contributed by atoms with van der Waals surface area (Å²) >= 11 is 0.